The molecule has 0 aliphatic carbocycles. The van der Waals surface area contributed by atoms with Gasteiger partial charge in [0.2, 0.25) is 11.8 Å². The number of aliphatic imine (C=N–C) groups is 1. The first-order chi connectivity index (χ1) is 24.2. The highest BCUT2D eigenvalue weighted by Gasteiger charge is 2.22. The van der Waals surface area contributed by atoms with E-state index in [2.05, 4.69) is 20.9 Å². The number of nitrogens with zero attached hydrogens (tertiary/aromatic N) is 4. The Bertz CT molecular complexity index is 2220. The van der Waals surface area contributed by atoms with Crippen molar-refractivity contribution in [3.8, 4) is 39.4 Å². The van der Waals surface area contributed by atoms with Crippen LogP contribution in [0.3, 0.4) is 0 Å². The number of fused-ring (bicyclic) bond motifs is 1. The van der Waals surface area contributed by atoms with Crippen LogP contribution in [0.1, 0.15) is 29.7 Å². The van der Waals surface area contributed by atoms with Gasteiger partial charge in [0.25, 0.3) is 5.56 Å². The summed E-state index contributed by atoms with van der Waals surface area (Å²) in [6, 6.07) is 19.2. The quantitative estimate of drug-likeness (QED) is 0.171. The van der Waals surface area contributed by atoms with Gasteiger partial charge in [0.1, 0.15) is 17.0 Å². The molecule has 1 amide bonds. The molecule has 5 aromatic rings. The van der Waals surface area contributed by atoms with Crippen molar-refractivity contribution in [2.24, 2.45) is 4.99 Å². The van der Waals surface area contributed by atoms with Crippen LogP contribution in [0.5, 0.6) is 5.88 Å². The Morgan fingerprint density at radius 1 is 1.00 bits per heavy atom. The van der Waals surface area contributed by atoms with Crippen LogP contribution in [0.4, 0.5) is 0 Å². The molecule has 0 saturated carbocycles. The number of amides is 1. The number of rotatable bonds is 9. The Morgan fingerprint density at radius 3 is 2.44 bits per heavy atom. The molecule has 2 aromatic carbocycles. The number of benzene rings is 2. The second-order valence-electron chi connectivity index (χ2n) is 12.4. The predicted octanol–water partition coefficient (Wildman–Crippen LogP) is 4.79. The number of aryl methyl sites for hydroxylation is 1. The largest absolute Gasteiger partial charge is 0.481 e. The molecule has 50 heavy (non-hydrogen) atoms. The number of halogens is 2. The molecule has 1 saturated heterocycles. The number of amidine groups is 1. The number of aliphatic hydroxyl groups excluding tert-OH is 1. The lowest BCUT2D eigenvalue weighted by atomic mass is 9.97. The van der Waals surface area contributed by atoms with E-state index in [1.165, 1.54) is 4.40 Å². The molecule has 13 heteroatoms. The Hall–Kier alpha value is -4.81. The minimum absolute atomic E-state index is 0.0907. The van der Waals surface area contributed by atoms with Crippen LogP contribution in [0.25, 0.3) is 39.2 Å². The van der Waals surface area contributed by atoms with E-state index in [0.29, 0.717) is 70.4 Å². The molecule has 1 fully saturated rings. The number of aromatic nitrogens is 3. The lowest BCUT2D eigenvalue weighted by Gasteiger charge is -2.20. The third-order valence-electron chi connectivity index (χ3n) is 9.01. The van der Waals surface area contributed by atoms with E-state index >= 15 is 0 Å². The highest BCUT2D eigenvalue weighted by atomic mass is 35.5. The molecule has 5 heterocycles. The average molecular weight is 713 g/mol. The number of pyridine rings is 2. The zero-order chi connectivity index (χ0) is 34.9. The van der Waals surface area contributed by atoms with Gasteiger partial charge in [-0.15, -0.1) is 0 Å². The molecule has 2 aliphatic heterocycles. The summed E-state index contributed by atoms with van der Waals surface area (Å²) in [5, 5.41) is 20.2. The van der Waals surface area contributed by atoms with Crippen LogP contribution >= 0.6 is 23.2 Å². The zero-order valence-corrected chi connectivity index (χ0v) is 29.0. The van der Waals surface area contributed by atoms with E-state index in [0.717, 1.165) is 39.8 Å². The average Bonchev–Trinajstić information content (AvgIpc) is 3.54. The standard InChI is InChI=1S/C37H35Cl2N7O4/c1-20-32(35-41-18-24(47)19-42-35)37(49)46-14-13-21(15-30(46)43-20)25-5-3-6-26(33(25)38)27-7-4-8-28(34(27)39)29-11-9-22(36(45-29)50-2)16-40-17-23-10-12-31(48)44-23/h3-9,11,13-15,23-24,40,47H,10,12,16-19H2,1-2H3,(H,41,42)(H,44,48)/t23-/m1/s1. The van der Waals surface area contributed by atoms with E-state index in [9.17, 15) is 14.7 Å². The van der Waals surface area contributed by atoms with Gasteiger partial charge in [-0.2, -0.15) is 0 Å². The molecule has 0 bridgehead atoms. The fraction of sp³-hybridized carbons (Fsp3) is 0.270. The zero-order valence-electron chi connectivity index (χ0n) is 27.5. The summed E-state index contributed by atoms with van der Waals surface area (Å²) in [4.78, 5) is 38.9. The Morgan fingerprint density at radius 2 is 1.74 bits per heavy atom. The van der Waals surface area contributed by atoms with Crippen LogP contribution in [0.2, 0.25) is 10.0 Å². The van der Waals surface area contributed by atoms with Gasteiger partial charge in [-0.1, -0.05) is 65.7 Å². The number of carbonyl (C=O) groups is 1. The lowest BCUT2D eigenvalue weighted by Crippen LogP contribution is -2.42. The third kappa shape index (κ3) is 6.57. The number of nitrogens with one attached hydrogen (secondary N) is 3. The van der Waals surface area contributed by atoms with Crippen LogP contribution in [0.15, 0.2) is 76.6 Å². The van der Waals surface area contributed by atoms with Gasteiger partial charge < -0.3 is 25.8 Å². The minimum Gasteiger partial charge on any atom is -0.481 e. The molecular weight excluding hydrogens is 677 g/mol. The number of hydrogen-bond acceptors (Lipinski definition) is 9. The fourth-order valence-corrected chi connectivity index (χ4v) is 7.09. The molecule has 4 N–H and O–H groups in total. The first-order valence-corrected chi connectivity index (χ1v) is 17.1. The van der Waals surface area contributed by atoms with E-state index in [1.807, 2.05) is 60.7 Å². The Kier molecular flexibility index (Phi) is 9.56. The van der Waals surface area contributed by atoms with E-state index < -0.39 is 6.10 Å². The molecule has 3 aromatic heterocycles. The van der Waals surface area contributed by atoms with Crippen molar-refractivity contribution in [2.75, 3.05) is 26.7 Å². The summed E-state index contributed by atoms with van der Waals surface area (Å²) < 4.78 is 7.13. The second-order valence-corrected chi connectivity index (χ2v) is 13.1. The molecule has 0 radical (unpaired) electrons. The normalized spacial score (nSPS) is 17.4. The Labute approximate surface area is 298 Å². The number of methoxy groups -OCH3 is 1. The number of aliphatic hydroxyl groups is 1. The molecule has 2 atom stereocenters. The first-order valence-electron chi connectivity index (χ1n) is 16.3. The van der Waals surface area contributed by atoms with Gasteiger partial charge in [0.05, 0.1) is 41.2 Å². The second kappa shape index (κ2) is 14.2. The van der Waals surface area contributed by atoms with Crippen molar-refractivity contribution >= 4 is 40.6 Å². The SMILES string of the molecule is COc1nc(-c2cccc(-c3cccc(-c4ccn5c(=O)c(C6=NCC(O)CN6)c(C)nc5c4)c3Cl)c2Cl)ccc1CNC[C@H]1CCC(=O)N1. The van der Waals surface area contributed by atoms with E-state index in [4.69, 9.17) is 37.9 Å². The molecule has 0 spiro atoms. The van der Waals surface area contributed by atoms with Crippen molar-refractivity contribution in [1.82, 2.24) is 30.3 Å². The third-order valence-corrected chi connectivity index (χ3v) is 9.83. The summed E-state index contributed by atoms with van der Waals surface area (Å²) in [5.41, 5.74) is 6.41. The summed E-state index contributed by atoms with van der Waals surface area (Å²) in [6.45, 7) is 3.52. The number of carbonyl (C=O) groups excluding carboxylic acids is 1. The van der Waals surface area contributed by atoms with Gasteiger partial charge in [-0.25, -0.2) is 9.97 Å². The Balaban J connectivity index is 1.17. The number of β-amino-alcohol motifs (C(OH)–C–C–N with tert-alkyl or cyclic N) is 1. The lowest BCUT2D eigenvalue weighted by molar-refractivity contribution is -0.119. The smallest absolute Gasteiger partial charge is 0.269 e. The molecule has 7 rings (SSSR count). The summed E-state index contributed by atoms with van der Waals surface area (Å²) in [5.74, 6) is 1.01. The van der Waals surface area contributed by atoms with Gasteiger partial charge in [-0.05, 0) is 37.1 Å². The molecule has 11 nitrogen and oxygen atoms in total. The van der Waals surface area contributed by atoms with Crippen molar-refractivity contribution in [1.29, 1.82) is 0 Å². The fourth-order valence-electron chi connectivity index (χ4n) is 6.43. The summed E-state index contributed by atoms with van der Waals surface area (Å²) in [6.07, 6.45) is 2.48. The topological polar surface area (TPSA) is 142 Å². The molecule has 256 valence electrons. The number of ether oxygens (including phenoxy) is 1. The maximum Gasteiger partial charge on any atom is 0.269 e. The van der Waals surface area contributed by atoms with E-state index in [-0.39, 0.29) is 24.1 Å². The van der Waals surface area contributed by atoms with Crippen LogP contribution in [-0.4, -0.2) is 70.1 Å². The van der Waals surface area contributed by atoms with Crippen LogP contribution < -0.4 is 26.2 Å². The first kappa shape index (κ1) is 33.7. The van der Waals surface area contributed by atoms with Crippen molar-refractivity contribution in [3.63, 3.8) is 0 Å². The molecule has 1 unspecified atom stereocenters. The highest BCUT2D eigenvalue weighted by Crippen LogP contribution is 2.42. The maximum atomic E-state index is 13.5. The van der Waals surface area contributed by atoms with Crippen LogP contribution in [0, 0.1) is 6.92 Å². The van der Waals surface area contributed by atoms with Crippen molar-refractivity contribution in [2.45, 2.75) is 38.5 Å². The number of hydrogen-bond donors (Lipinski definition) is 4. The minimum atomic E-state index is -0.588. The highest BCUT2D eigenvalue weighted by molar-refractivity contribution is 6.39. The van der Waals surface area contributed by atoms with Gasteiger partial charge in [-0.3, -0.25) is 19.0 Å². The van der Waals surface area contributed by atoms with Gasteiger partial charge in [0.15, 0.2) is 0 Å². The predicted molar refractivity (Wildman–Crippen MR) is 195 cm³/mol. The van der Waals surface area contributed by atoms with E-state index in [1.54, 1.807) is 20.2 Å². The van der Waals surface area contributed by atoms with Gasteiger partial charge in [0, 0.05) is 66.1 Å². The monoisotopic (exact) mass is 711 g/mol. The van der Waals surface area contributed by atoms with Crippen LogP contribution in [-0.2, 0) is 11.3 Å². The summed E-state index contributed by atoms with van der Waals surface area (Å²) >= 11 is 14.2. The van der Waals surface area contributed by atoms with Gasteiger partial charge >= 0.3 is 0 Å². The van der Waals surface area contributed by atoms with Crippen molar-refractivity contribution < 1.29 is 14.6 Å². The maximum absolute atomic E-state index is 13.5. The molecular formula is C37H35Cl2N7O4. The van der Waals surface area contributed by atoms with Crippen molar-refractivity contribution in [3.05, 3.63) is 104 Å². The summed E-state index contributed by atoms with van der Waals surface area (Å²) in [7, 11) is 1.59. The molecule has 2 aliphatic rings.